The third-order valence-corrected chi connectivity index (χ3v) is 7.06. The second-order valence-electron chi connectivity index (χ2n) is 9.32. The quantitative estimate of drug-likeness (QED) is 0.201. The largest absolute Gasteiger partial charge is 0.494 e. The van der Waals surface area contributed by atoms with Crippen LogP contribution >= 0.6 is 0 Å². The van der Waals surface area contributed by atoms with Crippen LogP contribution in [0.5, 0.6) is 11.5 Å². The molecule has 1 aromatic carbocycles. The summed E-state index contributed by atoms with van der Waals surface area (Å²) < 4.78 is 13.2. The van der Waals surface area contributed by atoms with Crippen LogP contribution in [0.1, 0.15) is 60.7 Å². The van der Waals surface area contributed by atoms with Crippen molar-refractivity contribution in [3.05, 3.63) is 52.9 Å². The van der Waals surface area contributed by atoms with Crippen LogP contribution in [-0.2, 0) is 19.4 Å². The number of methoxy groups -OCH3 is 1. The average molecular weight is 521 g/mol. The molecule has 1 aliphatic carbocycles. The molecule has 0 aliphatic heterocycles. The second-order valence-corrected chi connectivity index (χ2v) is 9.32. The number of nitrogens with one attached hydrogen (secondary N) is 3. The van der Waals surface area contributed by atoms with E-state index in [2.05, 4.69) is 32.4 Å². The molecule has 0 fully saturated rings. The van der Waals surface area contributed by atoms with E-state index in [9.17, 15) is 0 Å². The fourth-order valence-electron chi connectivity index (χ4n) is 5.17. The van der Waals surface area contributed by atoms with Crippen molar-refractivity contribution < 1.29 is 9.47 Å². The molecule has 204 valence electrons. The number of aromatic amines is 1. The van der Waals surface area contributed by atoms with E-state index in [1.54, 1.807) is 14.2 Å². The topological polar surface area (TPSA) is 141 Å². The molecule has 3 aromatic rings. The van der Waals surface area contributed by atoms with Crippen molar-refractivity contribution >= 4 is 23.2 Å². The number of amidine groups is 1. The van der Waals surface area contributed by atoms with Gasteiger partial charge in [-0.05, 0) is 50.3 Å². The van der Waals surface area contributed by atoms with Gasteiger partial charge in [-0.3, -0.25) is 14.7 Å². The van der Waals surface area contributed by atoms with Crippen LogP contribution in [-0.4, -0.2) is 48.4 Å². The summed E-state index contributed by atoms with van der Waals surface area (Å²) in [7, 11) is 5.10. The van der Waals surface area contributed by atoms with E-state index in [-0.39, 0.29) is 0 Å². The molecule has 0 amide bonds. The van der Waals surface area contributed by atoms with E-state index >= 15 is 0 Å². The Kier molecular flexibility index (Phi) is 8.50. The number of nitrogens with two attached hydrogens (primary N) is 2. The number of H-pyrrole nitrogens is 1. The highest BCUT2D eigenvalue weighted by Crippen LogP contribution is 2.40. The molecule has 2 heterocycles. The first kappa shape index (κ1) is 27.0. The van der Waals surface area contributed by atoms with Crippen LogP contribution in [0.3, 0.4) is 0 Å². The maximum atomic E-state index is 6.75. The summed E-state index contributed by atoms with van der Waals surface area (Å²) in [5, 5.41) is 14.7. The lowest BCUT2D eigenvalue weighted by atomic mass is 9.97. The first-order chi connectivity index (χ1) is 18.4. The number of aliphatic imine (C=N–C) groups is 1. The fraction of sp³-hybridized carbons (Fsp3) is 0.429. The van der Waals surface area contributed by atoms with Crippen molar-refractivity contribution in [1.29, 1.82) is 0 Å². The zero-order chi connectivity index (χ0) is 27.2. The third kappa shape index (κ3) is 5.16. The minimum Gasteiger partial charge on any atom is -0.494 e. The number of nitrogen functional groups attached to an aromatic ring is 1. The van der Waals surface area contributed by atoms with Crippen LogP contribution in [0, 0.1) is 0 Å². The van der Waals surface area contributed by atoms with E-state index in [0.29, 0.717) is 53.4 Å². The lowest BCUT2D eigenvalue weighted by Gasteiger charge is -2.17. The molecule has 7 N–H and O–H groups in total. The lowest BCUT2D eigenvalue weighted by molar-refractivity contribution is 0.336. The van der Waals surface area contributed by atoms with Gasteiger partial charge in [0.15, 0.2) is 0 Å². The maximum Gasteiger partial charge on any atom is 0.146 e. The molecule has 0 saturated carbocycles. The lowest BCUT2D eigenvalue weighted by Crippen LogP contribution is -2.19. The van der Waals surface area contributed by atoms with E-state index in [1.807, 2.05) is 36.7 Å². The summed E-state index contributed by atoms with van der Waals surface area (Å²) in [5.41, 5.74) is 19.5. The Morgan fingerprint density at radius 2 is 1.97 bits per heavy atom. The number of anilines is 2. The molecular formula is C28H40N8O2. The molecule has 0 bridgehead atoms. The van der Waals surface area contributed by atoms with Gasteiger partial charge in [-0.2, -0.15) is 5.10 Å². The van der Waals surface area contributed by atoms with Gasteiger partial charge < -0.3 is 31.6 Å². The van der Waals surface area contributed by atoms with Crippen molar-refractivity contribution in [2.75, 3.05) is 38.9 Å². The van der Waals surface area contributed by atoms with Crippen molar-refractivity contribution in [3.63, 3.8) is 0 Å². The number of rotatable bonds is 10. The van der Waals surface area contributed by atoms with Crippen molar-refractivity contribution in [3.8, 4) is 17.2 Å². The van der Waals surface area contributed by atoms with Gasteiger partial charge in [0.2, 0.25) is 0 Å². The molecular weight excluding hydrogens is 480 g/mol. The SMILES string of the molecule is C=C(NCc1n[nH]c2c1CCCCCC2)c1c(C(N)=NC)c(N)n(-c2ccc(OCC)cc2OC)c1NC. The van der Waals surface area contributed by atoms with E-state index in [0.717, 1.165) is 29.8 Å². The number of aryl methyl sites for hydroxylation is 1. The first-order valence-electron chi connectivity index (χ1n) is 13.2. The maximum absolute atomic E-state index is 6.75. The minimum absolute atomic E-state index is 0.311. The van der Waals surface area contributed by atoms with Crippen molar-refractivity contribution in [2.45, 2.75) is 52.0 Å². The Hall–Kier alpha value is -4.08. The van der Waals surface area contributed by atoms with Crippen LogP contribution in [0.4, 0.5) is 11.6 Å². The zero-order valence-corrected chi connectivity index (χ0v) is 22.9. The molecule has 0 atom stereocenters. The Labute approximate surface area is 224 Å². The average Bonchev–Trinajstić information content (AvgIpc) is 3.43. The highest BCUT2D eigenvalue weighted by atomic mass is 16.5. The standard InChI is InChI=1S/C28H40N8O2/c1-6-38-18-13-14-22(23(15-18)37-5)36-27(30)25(26(29)31-3)24(28(36)32-4)17(2)33-16-21-19-11-9-7-8-10-12-20(19)34-35-21/h13-15,32-33H,2,6-12,16,30H2,1,3-5H3,(H2,29,31)(H,34,35). The van der Waals surface area contributed by atoms with Gasteiger partial charge in [-0.1, -0.05) is 19.4 Å². The van der Waals surface area contributed by atoms with Gasteiger partial charge in [-0.15, -0.1) is 0 Å². The summed E-state index contributed by atoms with van der Waals surface area (Å²) in [5.74, 6) is 2.75. The molecule has 0 unspecified atom stereocenters. The highest BCUT2D eigenvalue weighted by Gasteiger charge is 2.27. The van der Waals surface area contributed by atoms with Crippen molar-refractivity contribution in [2.24, 2.45) is 10.7 Å². The van der Waals surface area contributed by atoms with Crippen LogP contribution in [0.15, 0.2) is 29.8 Å². The van der Waals surface area contributed by atoms with Crippen LogP contribution in [0.2, 0.25) is 0 Å². The molecule has 10 nitrogen and oxygen atoms in total. The van der Waals surface area contributed by atoms with E-state index in [4.69, 9.17) is 20.9 Å². The number of fused-ring (bicyclic) bond motifs is 1. The van der Waals surface area contributed by atoms with Gasteiger partial charge in [0, 0.05) is 31.6 Å². The van der Waals surface area contributed by atoms with Gasteiger partial charge >= 0.3 is 0 Å². The smallest absolute Gasteiger partial charge is 0.146 e. The summed E-state index contributed by atoms with van der Waals surface area (Å²) in [6.45, 7) is 7.39. The number of hydrogen-bond donors (Lipinski definition) is 5. The number of aromatic nitrogens is 3. The number of nitrogens with zero attached hydrogens (tertiary/aromatic N) is 3. The van der Waals surface area contributed by atoms with Gasteiger partial charge in [0.25, 0.3) is 0 Å². The van der Waals surface area contributed by atoms with Gasteiger partial charge in [-0.25, -0.2) is 0 Å². The number of hydrogen-bond acceptors (Lipinski definition) is 7. The monoisotopic (exact) mass is 520 g/mol. The molecule has 0 radical (unpaired) electrons. The van der Waals surface area contributed by atoms with Gasteiger partial charge in [0.05, 0.1) is 42.8 Å². The molecule has 38 heavy (non-hydrogen) atoms. The Morgan fingerprint density at radius 1 is 1.21 bits per heavy atom. The van der Waals surface area contributed by atoms with E-state index < -0.39 is 0 Å². The first-order valence-corrected chi connectivity index (χ1v) is 13.2. The van der Waals surface area contributed by atoms with Crippen LogP contribution < -0.4 is 31.6 Å². The summed E-state index contributed by atoms with van der Waals surface area (Å²) in [6, 6.07) is 5.63. The minimum atomic E-state index is 0.311. The highest BCUT2D eigenvalue weighted by molar-refractivity contribution is 6.08. The molecule has 0 saturated heterocycles. The molecule has 0 spiro atoms. The zero-order valence-electron chi connectivity index (χ0n) is 22.9. The predicted molar refractivity (Wildman–Crippen MR) is 154 cm³/mol. The second kappa shape index (κ2) is 12.0. The number of benzene rings is 1. The van der Waals surface area contributed by atoms with E-state index in [1.165, 1.54) is 36.9 Å². The predicted octanol–water partition coefficient (Wildman–Crippen LogP) is 3.99. The number of ether oxygens (including phenoxy) is 2. The molecule has 1 aliphatic rings. The summed E-state index contributed by atoms with van der Waals surface area (Å²) in [4.78, 5) is 4.25. The Balaban J connectivity index is 1.74. The summed E-state index contributed by atoms with van der Waals surface area (Å²) in [6.07, 6.45) is 7.00. The molecule has 2 aromatic heterocycles. The third-order valence-electron chi connectivity index (χ3n) is 7.06. The van der Waals surface area contributed by atoms with Crippen molar-refractivity contribution in [1.82, 2.24) is 20.1 Å². The fourth-order valence-corrected chi connectivity index (χ4v) is 5.17. The summed E-state index contributed by atoms with van der Waals surface area (Å²) >= 11 is 0. The normalized spacial score (nSPS) is 13.8. The van der Waals surface area contributed by atoms with Gasteiger partial charge in [0.1, 0.15) is 29.0 Å². The Bertz CT molecular complexity index is 1320. The Morgan fingerprint density at radius 3 is 2.66 bits per heavy atom. The molecule has 4 rings (SSSR count). The molecule has 10 heteroatoms. The van der Waals surface area contributed by atoms with Crippen LogP contribution in [0.25, 0.3) is 11.4 Å².